The van der Waals surface area contributed by atoms with Crippen LogP contribution in [0.4, 0.5) is 10.5 Å². The van der Waals surface area contributed by atoms with Crippen LogP contribution >= 0.6 is 0 Å². The zero-order chi connectivity index (χ0) is 66.8. The number of nitrogens with zero attached hydrogens (tertiary/aromatic N) is 6. The molecule has 93 heavy (non-hydrogen) atoms. The van der Waals surface area contributed by atoms with Crippen molar-refractivity contribution in [1.29, 1.82) is 0 Å². The number of aryl methyl sites for hydroxylation is 2. The van der Waals surface area contributed by atoms with Crippen LogP contribution in [0.1, 0.15) is 158 Å². The van der Waals surface area contributed by atoms with Gasteiger partial charge in [0.25, 0.3) is 5.56 Å². The van der Waals surface area contributed by atoms with Crippen molar-refractivity contribution in [3.8, 4) is 28.9 Å². The first kappa shape index (κ1) is 68.5. The minimum atomic E-state index is -1.78. The SMILES string of the molecule is C=CCCCCC(NC(=O)COCC(=O)NC(C)(C)CCOC(C)(CC)Cn1cc(CNC(=O)C2CCC(Cn3c(O)cc(C)c3O)CC2)nn1)C(=O)Nc1ccc(COC(=O)OC2(CC)C(=O)CCc3c2cc2n(c3=O)Cc3c-2nc2ccc(O)cc2c3CC)cc1. The van der Waals surface area contributed by atoms with Crippen LogP contribution in [0.15, 0.2) is 78.2 Å². The Kier molecular flexibility index (Phi) is 21.9. The number of Topliss-reactive ketones (excluding diaryl/α,β-unsaturated/α-hetero) is 1. The predicted octanol–water partition coefficient (Wildman–Crippen LogP) is 8.76. The first-order chi connectivity index (χ1) is 44.5. The standard InChI is InChI=1S/C69H88N10O14/c1-9-13-14-15-16-55(72-58(82)39-90-40-59(83)74-67(6,7)29-30-92-68(8,11-3)41-77-36-47(75-76-77)34-70-62(85)45-21-17-43(18-22-45)35-79-60(84)31-42(5)64(79)87)63(86)71-46-23-19-44(20-24-46)38-91-66(89)93-69(12-4)53-33-56-61-52(37-78(56)65(88)50(53)26-28-57(69)81)49(10-2)51-32-48(80)25-27-54(51)73-61/h9,19-20,23-25,27,31-33,36,43,45,55,80,84,87H,1,10-18,21-22,26,28-30,34-35,37-41H2,2-8H3,(H,70,85)(H,71,86)(H,72,82)(H,74,83). The summed E-state index contributed by atoms with van der Waals surface area (Å²) in [6, 6.07) is 13.8. The van der Waals surface area contributed by atoms with E-state index in [1.807, 2.05) is 34.6 Å². The molecule has 3 atom stereocenters. The summed E-state index contributed by atoms with van der Waals surface area (Å²) >= 11 is 0. The summed E-state index contributed by atoms with van der Waals surface area (Å²) < 4.78 is 28.3. The number of anilines is 1. The van der Waals surface area contributed by atoms with Crippen LogP contribution in [0.3, 0.4) is 0 Å². The predicted molar refractivity (Wildman–Crippen MR) is 346 cm³/mol. The third-order valence-electron chi connectivity index (χ3n) is 18.4. The van der Waals surface area contributed by atoms with E-state index in [9.17, 15) is 48.9 Å². The summed E-state index contributed by atoms with van der Waals surface area (Å²) in [7, 11) is 0. The number of benzene rings is 2. The highest BCUT2D eigenvalue weighted by Gasteiger charge is 2.49. The van der Waals surface area contributed by atoms with Gasteiger partial charge in [-0.05, 0) is 158 Å². The van der Waals surface area contributed by atoms with Gasteiger partial charge in [0, 0.05) is 70.4 Å². The molecule has 2 aliphatic carbocycles. The van der Waals surface area contributed by atoms with Gasteiger partial charge in [-0.3, -0.25) is 33.3 Å². The fourth-order valence-corrected chi connectivity index (χ4v) is 12.9. The van der Waals surface area contributed by atoms with Gasteiger partial charge in [0.1, 0.15) is 37.3 Å². The molecule has 498 valence electrons. The monoisotopic (exact) mass is 1280 g/mol. The van der Waals surface area contributed by atoms with Crippen molar-refractivity contribution in [3.63, 3.8) is 0 Å². The molecule has 2 aromatic carbocycles. The maximum Gasteiger partial charge on any atom is 0.509 e. The Morgan fingerprint density at radius 3 is 2.37 bits per heavy atom. The lowest BCUT2D eigenvalue weighted by molar-refractivity contribution is -0.144. The number of aromatic nitrogens is 6. The topological polar surface area (TPSA) is 319 Å². The number of hydrogen-bond acceptors (Lipinski definition) is 17. The second-order valence-corrected chi connectivity index (χ2v) is 25.7. The molecule has 4 aromatic heterocycles. The molecule has 1 aliphatic heterocycles. The highest BCUT2D eigenvalue weighted by atomic mass is 16.7. The molecule has 5 heterocycles. The average molecular weight is 1280 g/mol. The third-order valence-corrected chi connectivity index (χ3v) is 18.4. The van der Waals surface area contributed by atoms with E-state index in [4.69, 9.17) is 23.9 Å². The van der Waals surface area contributed by atoms with Gasteiger partial charge in [0.05, 0.1) is 48.3 Å². The molecule has 3 unspecified atom stereocenters. The molecule has 6 aromatic rings. The number of allylic oxidation sites excluding steroid dienone is 1. The maximum absolute atomic E-state index is 14.2. The molecular weight excluding hydrogens is 1190 g/mol. The van der Waals surface area contributed by atoms with Gasteiger partial charge in [0.15, 0.2) is 23.1 Å². The Hall–Kier alpha value is -8.90. The number of ketones is 1. The minimum absolute atomic E-state index is 0.0123. The van der Waals surface area contributed by atoms with E-state index in [1.165, 1.54) is 4.57 Å². The number of ether oxygens (including phenoxy) is 4. The van der Waals surface area contributed by atoms with E-state index >= 15 is 0 Å². The maximum atomic E-state index is 14.2. The van der Waals surface area contributed by atoms with Gasteiger partial charge in [-0.25, -0.2) is 14.5 Å². The van der Waals surface area contributed by atoms with Crippen LogP contribution in [-0.2, 0) is 94.1 Å². The third kappa shape index (κ3) is 16.3. The number of phenols is 1. The van der Waals surface area contributed by atoms with Crippen molar-refractivity contribution in [3.05, 3.63) is 123 Å². The first-order valence-corrected chi connectivity index (χ1v) is 32.3. The van der Waals surface area contributed by atoms with Gasteiger partial charge in [-0.1, -0.05) is 50.6 Å². The number of nitrogens with one attached hydrogen (secondary N) is 4. The molecule has 1 saturated carbocycles. The number of hydrogen-bond donors (Lipinski definition) is 7. The number of fused-ring (bicyclic) bond motifs is 5. The van der Waals surface area contributed by atoms with Crippen molar-refractivity contribution in [1.82, 2.24) is 45.1 Å². The van der Waals surface area contributed by atoms with E-state index in [1.54, 1.807) is 90.0 Å². The first-order valence-electron chi connectivity index (χ1n) is 32.3. The van der Waals surface area contributed by atoms with E-state index in [0.29, 0.717) is 115 Å². The Labute approximate surface area is 540 Å². The van der Waals surface area contributed by atoms with Gasteiger partial charge in [0.2, 0.25) is 23.6 Å². The molecule has 0 radical (unpaired) electrons. The highest BCUT2D eigenvalue weighted by Crippen LogP contribution is 2.43. The van der Waals surface area contributed by atoms with E-state index in [0.717, 1.165) is 42.2 Å². The zero-order valence-electron chi connectivity index (χ0n) is 54.4. The number of aromatic hydroxyl groups is 3. The Bertz CT molecular complexity index is 3810. The molecular formula is C69H88N10O14. The molecule has 0 bridgehead atoms. The number of pyridine rings is 2. The van der Waals surface area contributed by atoms with E-state index in [2.05, 4.69) is 38.2 Å². The van der Waals surface area contributed by atoms with E-state index in [-0.39, 0.29) is 85.6 Å². The largest absolute Gasteiger partial charge is 0.509 e. The quantitative estimate of drug-likeness (QED) is 0.0126. The van der Waals surface area contributed by atoms with Crippen LogP contribution < -0.4 is 26.8 Å². The van der Waals surface area contributed by atoms with Crippen LogP contribution in [0, 0.1) is 18.8 Å². The summed E-state index contributed by atoms with van der Waals surface area (Å²) in [5.41, 5.74) is 3.05. The van der Waals surface area contributed by atoms with Crippen LogP contribution in [-0.4, -0.2) is 117 Å². The van der Waals surface area contributed by atoms with Crippen molar-refractivity contribution < 1.29 is 63.0 Å². The number of carbonyl (C=O) groups is 6. The van der Waals surface area contributed by atoms with Crippen LogP contribution in [0.2, 0.25) is 0 Å². The van der Waals surface area contributed by atoms with Crippen molar-refractivity contribution in [2.24, 2.45) is 11.8 Å². The number of phenolic OH excluding ortho intramolecular Hbond substituents is 1. The van der Waals surface area contributed by atoms with Gasteiger partial charge < -0.3 is 60.1 Å². The second kappa shape index (κ2) is 29.8. The lowest BCUT2D eigenvalue weighted by Gasteiger charge is -2.36. The Morgan fingerprint density at radius 1 is 0.914 bits per heavy atom. The normalized spacial score (nSPS) is 17.7. The van der Waals surface area contributed by atoms with Gasteiger partial charge in [-0.2, -0.15) is 0 Å². The lowest BCUT2D eigenvalue weighted by Crippen LogP contribution is -2.47. The summed E-state index contributed by atoms with van der Waals surface area (Å²) in [6.45, 7) is 17.5. The summed E-state index contributed by atoms with van der Waals surface area (Å²) in [6.07, 6.45) is 9.81. The molecule has 4 amide bonds. The van der Waals surface area contributed by atoms with Crippen LogP contribution in [0.5, 0.6) is 17.5 Å². The summed E-state index contributed by atoms with van der Waals surface area (Å²) in [5, 5.41) is 51.7. The number of amides is 4. The van der Waals surface area contributed by atoms with Crippen LogP contribution in [0.25, 0.3) is 22.3 Å². The zero-order valence-corrected chi connectivity index (χ0v) is 54.4. The second-order valence-electron chi connectivity index (χ2n) is 25.7. The highest BCUT2D eigenvalue weighted by molar-refractivity contribution is 5.97. The molecule has 0 saturated heterocycles. The molecule has 0 spiro atoms. The van der Waals surface area contributed by atoms with Gasteiger partial charge in [-0.15, -0.1) is 11.7 Å². The van der Waals surface area contributed by atoms with Gasteiger partial charge >= 0.3 is 6.16 Å². The molecule has 24 heteroatoms. The smallest absolute Gasteiger partial charge is 0.508 e. The molecule has 24 nitrogen and oxygen atoms in total. The van der Waals surface area contributed by atoms with Crippen molar-refractivity contribution in [2.75, 3.05) is 25.1 Å². The summed E-state index contributed by atoms with van der Waals surface area (Å²) in [5.74, 6) is -1.57. The Morgan fingerprint density at radius 2 is 1.67 bits per heavy atom. The molecule has 3 aliphatic rings. The minimum Gasteiger partial charge on any atom is -0.508 e. The van der Waals surface area contributed by atoms with Crippen molar-refractivity contribution in [2.45, 2.75) is 194 Å². The Balaban J connectivity index is 0.698. The molecule has 7 N–H and O–H groups in total. The van der Waals surface area contributed by atoms with E-state index < -0.39 is 59.9 Å². The molecule has 1 fully saturated rings. The fourth-order valence-electron chi connectivity index (χ4n) is 12.9. The number of carbonyl (C=O) groups excluding carboxylic acids is 6. The number of rotatable bonds is 30. The summed E-state index contributed by atoms with van der Waals surface area (Å²) in [4.78, 5) is 99.8. The van der Waals surface area contributed by atoms with Crippen molar-refractivity contribution >= 4 is 52.2 Å². The fraction of sp³-hybridized carbons (Fsp3) is 0.507. The lowest BCUT2D eigenvalue weighted by atomic mass is 9.76. The number of unbranched alkanes of at least 4 members (excludes halogenated alkanes) is 2. The average Bonchev–Trinajstić information content (AvgIpc) is 1.65. The molecule has 9 rings (SSSR count).